The zero-order chi connectivity index (χ0) is 20.1. The molecule has 146 valence electrons. The number of rotatable bonds is 6. The van der Waals surface area contributed by atoms with E-state index in [1.54, 1.807) is 6.08 Å². The molecule has 1 saturated heterocycles. The second-order valence-electron chi connectivity index (χ2n) is 7.23. The summed E-state index contributed by atoms with van der Waals surface area (Å²) in [5.74, 6) is -0.358. The largest absolute Gasteiger partial charge is 0.376 e. The molecule has 0 radical (unpaired) electrons. The van der Waals surface area contributed by atoms with Gasteiger partial charge in [0, 0.05) is 42.4 Å². The predicted octanol–water partition coefficient (Wildman–Crippen LogP) is 3.89. The first-order valence-electron chi connectivity index (χ1n) is 9.88. The van der Waals surface area contributed by atoms with E-state index >= 15 is 0 Å². The monoisotopic (exact) mass is 385 g/mol. The van der Waals surface area contributed by atoms with Gasteiger partial charge in [0.05, 0.1) is 6.10 Å². The number of fused-ring (bicyclic) bond motifs is 1. The van der Waals surface area contributed by atoms with Crippen LogP contribution in [0.1, 0.15) is 24.0 Å². The fourth-order valence-corrected chi connectivity index (χ4v) is 3.71. The summed E-state index contributed by atoms with van der Waals surface area (Å²) in [6.45, 7) is 1.90. The molecule has 1 fully saturated rings. The van der Waals surface area contributed by atoms with E-state index in [-0.39, 0.29) is 17.6 Å². The van der Waals surface area contributed by atoms with Gasteiger partial charge in [-0.2, -0.15) is 5.26 Å². The standard InChI is InChI=1S/C24H23N3O2/c25-14-19(24(28)26-15-21-9-6-12-29-21)13-20-17-27(16-18-7-2-1-3-8-18)23-11-5-4-10-22(20)23/h1-5,7-8,10-11,13,17,21H,6,9,12,15-16H2,(H,26,28)/b19-13+/t21-/m1/s1. The smallest absolute Gasteiger partial charge is 0.262 e. The number of nitrogens with zero attached hydrogens (tertiary/aromatic N) is 2. The summed E-state index contributed by atoms with van der Waals surface area (Å²) in [6, 6.07) is 20.3. The van der Waals surface area contributed by atoms with Crippen molar-refractivity contribution in [1.29, 1.82) is 5.26 Å². The Morgan fingerprint density at radius 2 is 2.00 bits per heavy atom. The molecule has 5 nitrogen and oxygen atoms in total. The number of para-hydroxylation sites is 1. The van der Waals surface area contributed by atoms with Gasteiger partial charge in [0.1, 0.15) is 11.6 Å². The Morgan fingerprint density at radius 3 is 2.76 bits per heavy atom. The maximum atomic E-state index is 12.5. The summed E-state index contributed by atoms with van der Waals surface area (Å²) in [5, 5.41) is 13.4. The molecule has 2 heterocycles. The van der Waals surface area contributed by atoms with Crippen LogP contribution < -0.4 is 5.32 Å². The van der Waals surface area contributed by atoms with Crippen molar-refractivity contribution in [3.8, 4) is 6.07 Å². The lowest BCUT2D eigenvalue weighted by molar-refractivity contribution is -0.117. The van der Waals surface area contributed by atoms with Gasteiger partial charge in [-0.25, -0.2) is 0 Å². The number of hydrogen-bond donors (Lipinski definition) is 1. The zero-order valence-corrected chi connectivity index (χ0v) is 16.2. The lowest BCUT2D eigenvalue weighted by Gasteiger charge is -2.10. The first kappa shape index (κ1) is 19.0. The Bertz CT molecular complexity index is 1070. The third kappa shape index (κ3) is 4.39. The van der Waals surface area contributed by atoms with Crippen LogP contribution in [0.4, 0.5) is 0 Å². The molecule has 4 rings (SSSR count). The van der Waals surface area contributed by atoms with E-state index in [1.165, 1.54) is 5.56 Å². The number of benzene rings is 2. The minimum atomic E-state index is -0.358. The van der Waals surface area contributed by atoms with E-state index in [4.69, 9.17) is 4.74 Å². The summed E-state index contributed by atoms with van der Waals surface area (Å²) < 4.78 is 7.68. The summed E-state index contributed by atoms with van der Waals surface area (Å²) in [5.41, 5.74) is 3.23. The number of carbonyl (C=O) groups is 1. The average molecular weight is 385 g/mol. The van der Waals surface area contributed by atoms with Crippen LogP contribution in [0, 0.1) is 11.3 Å². The van der Waals surface area contributed by atoms with Gasteiger partial charge in [-0.15, -0.1) is 0 Å². The third-order valence-electron chi connectivity index (χ3n) is 5.19. The van der Waals surface area contributed by atoms with Crippen LogP contribution in [-0.4, -0.2) is 29.7 Å². The summed E-state index contributed by atoms with van der Waals surface area (Å²) in [6.07, 6.45) is 5.69. The lowest BCUT2D eigenvalue weighted by atomic mass is 10.1. The first-order chi connectivity index (χ1) is 14.2. The van der Waals surface area contributed by atoms with E-state index in [0.717, 1.165) is 42.5 Å². The maximum absolute atomic E-state index is 12.5. The Morgan fingerprint density at radius 1 is 1.21 bits per heavy atom. The average Bonchev–Trinajstić information content (AvgIpc) is 3.40. The van der Waals surface area contributed by atoms with Crippen molar-refractivity contribution in [2.45, 2.75) is 25.5 Å². The molecule has 3 aromatic rings. The van der Waals surface area contributed by atoms with E-state index in [9.17, 15) is 10.1 Å². The zero-order valence-electron chi connectivity index (χ0n) is 16.2. The van der Waals surface area contributed by atoms with Crippen LogP contribution in [0.15, 0.2) is 66.4 Å². The van der Waals surface area contributed by atoms with Gasteiger partial charge < -0.3 is 14.6 Å². The minimum Gasteiger partial charge on any atom is -0.376 e. The number of carbonyl (C=O) groups excluding carboxylic acids is 1. The van der Waals surface area contributed by atoms with E-state index in [0.29, 0.717) is 6.54 Å². The van der Waals surface area contributed by atoms with Crippen LogP contribution in [0.2, 0.25) is 0 Å². The van der Waals surface area contributed by atoms with Crippen molar-refractivity contribution in [3.63, 3.8) is 0 Å². The second-order valence-corrected chi connectivity index (χ2v) is 7.23. The van der Waals surface area contributed by atoms with E-state index in [1.807, 2.05) is 48.7 Å². The first-order valence-corrected chi connectivity index (χ1v) is 9.88. The topological polar surface area (TPSA) is 67.0 Å². The molecule has 1 atom stereocenters. The fraction of sp³-hybridized carbons (Fsp3) is 0.250. The normalized spacial score (nSPS) is 16.7. The number of ether oxygens (including phenoxy) is 1. The second kappa shape index (κ2) is 8.76. The quantitative estimate of drug-likeness (QED) is 0.517. The molecule has 1 N–H and O–H groups in total. The molecule has 0 aliphatic carbocycles. The van der Waals surface area contributed by atoms with Gasteiger partial charge in [0.15, 0.2) is 0 Å². The number of nitrogens with one attached hydrogen (secondary N) is 1. The van der Waals surface area contributed by atoms with Crippen LogP contribution >= 0.6 is 0 Å². The highest BCUT2D eigenvalue weighted by atomic mass is 16.5. The van der Waals surface area contributed by atoms with Gasteiger partial charge in [-0.3, -0.25) is 4.79 Å². The molecule has 0 saturated carbocycles. The van der Waals surface area contributed by atoms with Crippen LogP contribution in [0.3, 0.4) is 0 Å². The summed E-state index contributed by atoms with van der Waals surface area (Å²) in [4.78, 5) is 12.5. The van der Waals surface area contributed by atoms with Gasteiger partial charge in [0.25, 0.3) is 5.91 Å². The summed E-state index contributed by atoms with van der Waals surface area (Å²) in [7, 11) is 0. The highest BCUT2D eigenvalue weighted by molar-refractivity contribution is 6.04. The lowest BCUT2D eigenvalue weighted by Crippen LogP contribution is -2.32. The molecule has 0 unspecified atom stereocenters. The van der Waals surface area contributed by atoms with Crippen LogP contribution in [-0.2, 0) is 16.1 Å². The maximum Gasteiger partial charge on any atom is 0.262 e. The minimum absolute atomic E-state index is 0.0479. The molecule has 2 aromatic carbocycles. The molecule has 1 aliphatic rings. The van der Waals surface area contributed by atoms with Crippen molar-refractivity contribution < 1.29 is 9.53 Å². The SMILES string of the molecule is N#C/C(=C\c1cn(Cc2ccccc2)c2ccccc12)C(=O)NC[C@H]1CCCO1. The fourth-order valence-electron chi connectivity index (χ4n) is 3.71. The van der Waals surface area contributed by atoms with Crippen molar-refractivity contribution in [2.75, 3.05) is 13.2 Å². The van der Waals surface area contributed by atoms with Crippen LogP contribution in [0.25, 0.3) is 17.0 Å². The van der Waals surface area contributed by atoms with Crippen molar-refractivity contribution in [3.05, 3.63) is 77.5 Å². The molecule has 1 aromatic heterocycles. The highest BCUT2D eigenvalue weighted by Crippen LogP contribution is 2.24. The Hall–Kier alpha value is -3.36. The molecular weight excluding hydrogens is 362 g/mol. The number of nitriles is 1. The molecule has 5 heteroatoms. The van der Waals surface area contributed by atoms with E-state index in [2.05, 4.69) is 28.1 Å². The predicted molar refractivity (Wildman–Crippen MR) is 113 cm³/mol. The molecular formula is C24H23N3O2. The number of hydrogen-bond acceptors (Lipinski definition) is 3. The Kier molecular flexibility index (Phi) is 5.73. The molecule has 0 spiro atoms. The molecule has 29 heavy (non-hydrogen) atoms. The van der Waals surface area contributed by atoms with Crippen molar-refractivity contribution in [1.82, 2.24) is 9.88 Å². The van der Waals surface area contributed by atoms with Crippen LogP contribution in [0.5, 0.6) is 0 Å². The van der Waals surface area contributed by atoms with Gasteiger partial charge in [-0.05, 0) is 30.5 Å². The highest BCUT2D eigenvalue weighted by Gasteiger charge is 2.18. The molecule has 0 bridgehead atoms. The molecule has 1 aliphatic heterocycles. The third-order valence-corrected chi connectivity index (χ3v) is 5.19. The van der Waals surface area contributed by atoms with Gasteiger partial charge in [0.2, 0.25) is 0 Å². The summed E-state index contributed by atoms with van der Waals surface area (Å²) >= 11 is 0. The van der Waals surface area contributed by atoms with Crippen molar-refractivity contribution in [2.24, 2.45) is 0 Å². The van der Waals surface area contributed by atoms with Crippen molar-refractivity contribution >= 4 is 22.9 Å². The Balaban J connectivity index is 1.60. The van der Waals surface area contributed by atoms with E-state index < -0.39 is 0 Å². The van der Waals surface area contributed by atoms with Gasteiger partial charge >= 0.3 is 0 Å². The molecule has 1 amide bonds. The van der Waals surface area contributed by atoms with Gasteiger partial charge in [-0.1, -0.05) is 48.5 Å². The number of amides is 1. The Labute approximate surface area is 170 Å². The number of aromatic nitrogens is 1.